The number of nitrogens with zero attached hydrogens (tertiary/aromatic N) is 2. The van der Waals surface area contributed by atoms with Crippen LogP contribution in [-0.2, 0) is 12.0 Å². The maximum absolute atomic E-state index is 4.90. The van der Waals surface area contributed by atoms with Crippen LogP contribution in [0, 0.1) is 6.92 Å². The van der Waals surface area contributed by atoms with Gasteiger partial charge in [0.15, 0.2) is 0 Å². The Kier molecular flexibility index (Phi) is 4.41. The number of thiazole rings is 1. The predicted octanol–water partition coefficient (Wildman–Crippen LogP) is 2.54. The molecule has 1 aromatic heterocycles. The predicted molar refractivity (Wildman–Crippen MR) is 78.3 cm³/mol. The van der Waals surface area contributed by atoms with Gasteiger partial charge in [0.1, 0.15) is 5.01 Å². The summed E-state index contributed by atoms with van der Waals surface area (Å²) in [6.07, 6.45) is 3.40. The molecule has 0 aliphatic carbocycles. The number of hydrogen-bond donors (Lipinski definition) is 1. The lowest BCUT2D eigenvalue weighted by Crippen LogP contribution is -2.44. The maximum Gasteiger partial charge on any atom is 0.115 e. The van der Waals surface area contributed by atoms with Gasteiger partial charge < -0.3 is 10.2 Å². The lowest BCUT2D eigenvalue weighted by molar-refractivity contribution is 0.315. The average molecular weight is 267 g/mol. The Hall–Kier alpha value is -0.450. The minimum Gasteiger partial charge on any atom is -0.304 e. The molecule has 102 valence electrons. The zero-order valence-corrected chi connectivity index (χ0v) is 12.9. The molecule has 1 aliphatic heterocycles. The molecule has 1 atom stereocenters. The first-order valence-electron chi connectivity index (χ1n) is 7.01. The second-order valence-corrected chi connectivity index (χ2v) is 6.58. The van der Waals surface area contributed by atoms with E-state index in [-0.39, 0.29) is 5.54 Å². The van der Waals surface area contributed by atoms with Gasteiger partial charge in [-0.1, -0.05) is 13.8 Å². The molecular formula is C14H25N3S. The topological polar surface area (TPSA) is 28.2 Å². The maximum atomic E-state index is 4.90. The molecule has 2 rings (SSSR count). The van der Waals surface area contributed by atoms with Gasteiger partial charge in [-0.15, -0.1) is 11.3 Å². The van der Waals surface area contributed by atoms with E-state index < -0.39 is 0 Å². The molecule has 2 heterocycles. The van der Waals surface area contributed by atoms with Crippen LogP contribution in [0.3, 0.4) is 0 Å². The van der Waals surface area contributed by atoms with Gasteiger partial charge >= 0.3 is 0 Å². The lowest BCUT2D eigenvalue weighted by atomic mass is 9.99. The molecular weight excluding hydrogens is 242 g/mol. The summed E-state index contributed by atoms with van der Waals surface area (Å²) in [7, 11) is 2.20. The Labute approximate surface area is 115 Å². The largest absolute Gasteiger partial charge is 0.304 e. The number of aryl methyl sites for hydroxylation is 2. The van der Waals surface area contributed by atoms with Crippen molar-refractivity contribution in [1.82, 2.24) is 15.2 Å². The summed E-state index contributed by atoms with van der Waals surface area (Å²) in [4.78, 5) is 8.70. The number of nitrogens with one attached hydrogen (secondary N) is 1. The van der Waals surface area contributed by atoms with Crippen molar-refractivity contribution in [2.45, 2.75) is 45.6 Å². The second-order valence-electron chi connectivity index (χ2n) is 5.37. The van der Waals surface area contributed by atoms with Crippen molar-refractivity contribution >= 4 is 11.3 Å². The van der Waals surface area contributed by atoms with Gasteiger partial charge in [-0.25, -0.2) is 4.98 Å². The Morgan fingerprint density at radius 1 is 1.44 bits per heavy atom. The summed E-state index contributed by atoms with van der Waals surface area (Å²) in [5, 5.41) is 5.06. The average Bonchev–Trinajstić information content (AvgIpc) is 2.91. The van der Waals surface area contributed by atoms with Crippen LogP contribution in [0.15, 0.2) is 0 Å². The fraction of sp³-hybridized carbons (Fsp3) is 0.786. The number of likely N-dealkylation sites (tertiary alicyclic amines) is 1. The third kappa shape index (κ3) is 2.60. The second kappa shape index (κ2) is 5.68. The molecule has 0 radical (unpaired) electrons. The van der Waals surface area contributed by atoms with Crippen LogP contribution in [0.5, 0.6) is 0 Å². The molecule has 1 unspecified atom stereocenters. The van der Waals surface area contributed by atoms with Gasteiger partial charge in [-0.2, -0.15) is 0 Å². The molecule has 1 aromatic rings. The molecule has 0 saturated carbocycles. The highest BCUT2D eigenvalue weighted by Crippen LogP contribution is 2.35. The number of likely N-dealkylation sites (N-methyl/N-ethyl adjacent to an activating group) is 1. The van der Waals surface area contributed by atoms with E-state index in [1.165, 1.54) is 28.4 Å². The molecule has 18 heavy (non-hydrogen) atoms. The zero-order chi connectivity index (χ0) is 13.2. The molecule has 3 nitrogen and oxygen atoms in total. The van der Waals surface area contributed by atoms with E-state index in [1.54, 1.807) is 0 Å². The van der Waals surface area contributed by atoms with Crippen molar-refractivity contribution in [1.29, 1.82) is 0 Å². The number of rotatable bonds is 5. The lowest BCUT2D eigenvalue weighted by Gasteiger charge is -2.28. The molecule has 0 bridgehead atoms. The first kappa shape index (κ1) is 14.0. The SMILES string of the molecule is CCCNC1(c2nc(CC)c(C)s2)CCN(C)C1. The molecule has 1 N–H and O–H groups in total. The first-order chi connectivity index (χ1) is 8.61. The Morgan fingerprint density at radius 2 is 2.22 bits per heavy atom. The van der Waals surface area contributed by atoms with Crippen LogP contribution in [0.2, 0.25) is 0 Å². The van der Waals surface area contributed by atoms with E-state index in [1.807, 2.05) is 11.3 Å². The fourth-order valence-electron chi connectivity index (χ4n) is 2.72. The number of aromatic nitrogens is 1. The third-order valence-electron chi connectivity index (χ3n) is 3.81. The highest BCUT2D eigenvalue weighted by atomic mass is 32.1. The van der Waals surface area contributed by atoms with Gasteiger partial charge in [-0.3, -0.25) is 0 Å². The third-order valence-corrected chi connectivity index (χ3v) is 5.03. The van der Waals surface area contributed by atoms with Crippen LogP contribution in [0.1, 0.15) is 42.3 Å². The van der Waals surface area contributed by atoms with Gasteiger partial charge in [0, 0.05) is 18.0 Å². The Balaban J connectivity index is 2.27. The quantitative estimate of drug-likeness (QED) is 0.888. The van der Waals surface area contributed by atoms with E-state index in [0.717, 1.165) is 26.1 Å². The smallest absolute Gasteiger partial charge is 0.115 e. The molecule has 1 saturated heterocycles. The van der Waals surface area contributed by atoms with Crippen molar-refractivity contribution in [2.24, 2.45) is 0 Å². The van der Waals surface area contributed by atoms with E-state index in [4.69, 9.17) is 4.98 Å². The molecule has 4 heteroatoms. The van der Waals surface area contributed by atoms with Crippen LogP contribution in [0.25, 0.3) is 0 Å². The molecule has 1 fully saturated rings. The van der Waals surface area contributed by atoms with E-state index in [2.05, 4.69) is 38.0 Å². The van der Waals surface area contributed by atoms with Gasteiger partial charge in [-0.05, 0) is 39.8 Å². The first-order valence-corrected chi connectivity index (χ1v) is 7.83. The van der Waals surface area contributed by atoms with E-state index in [9.17, 15) is 0 Å². The summed E-state index contributed by atoms with van der Waals surface area (Å²) in [6, 6.07) is 0. The standard InChI is InChI=1S/C14H25N3S/c1-5-8-15-14(7-9-17(4)10-14)13-16-12(6-2)11(3)18-13/h15H,5-10H2,1-4H3. The highest BCUT2D eigenvalue weighted by Gasteiger charge is 2.40. The van der Waals surface area contributed by atoms with Gasteiger partial charge in [0.05, 0.1) is 11.2 Å². The van der Waals surface area contributed by atoms with Crippen molar-refractivity contribution < 1.29 is 0 Å². The molecule has 0 spiro atoms. The fourth-order valence-corrected chi connectivity index (χ4v) is 3.91. The molecule has 0 aromatic carbocycles. The van der Waals surface area contributed by atoms with Gasteiger partial charge in [0.25, 0.3) is 0 Å². The van der Waals surface area contributed by atoms with Crippen molar-refractivity contribution in [3.8, 4) is 0 Å². The van der Waals surface area contributed by atoms with Crippen LogP contribution in [-0.4, -0.2) is 36.6 Å². The normalized spacial score (nSPS) is 24.9. The van der Waals surface area contributed by atoms with Gasteiger partial charge in [0.2, 0.25) is 0 Å². The summed E-state index contributed by atoms with van der Waals surface area (Å²) in [5.41, 5.74) is 1.38. The minimum absolute atomic E-state index is 0.105. The van der Waals surface area contributed by atoms with Crippen LogP contribution in [0.4, 0.5) is 0 Å². The summed E-state index contributed by atoms with van der Waals surface area (Å²) in [6.45, 7) is 9.95. The van der Waals surface area contributed by atoms with Crippen LogP contribution < -0.4 is 5.32 Å². The summed E-state index contributed by atoms with van der Waals surface area (Å²) >= 11 is 1.89. The molecule has 1 aliphatic rings. The van der Waals surface area contributed by atoms with Crippen molar-refractivity contribution in [2.75, 3.05) is 26.7 Å². The Morgan fingerprint density at radius 3 is 2.72 bits per heavy atom. The molecule has 0 amide bonds. The number of hydrogen-bond acceptors (Lipinski definition) is 4. The summed E-state index contributed by atoms with van der Waals surface area (Å²) in [5.74, 6) is 0. The van der Waals surface area contributed by atoms with E-state index >= 15 is 0 Å². The monoisotopic (exact) mass is 267 g/mol. The zero-order valence-electron chi connectivity index (χ0n) is 12.0. The summed E-state index contributed by atoms with van der Waals surface area (Å²) < 4.78 is 0. The highest BCUT2D eigenvalue weighted by molar-refractivity contribution is 7.11. The van der Waals surface area contributed by atoms with Crippen molar-refractivity contribution in [3.63, 3.8) is 0 Å². The van der Waals surface area contributed by atoms with E-state index in [0.29, 0.717) is 0 Å². The van der Waals surface area contributed by atoms with Crippen LogP contribution >= 0.6 is 11.3 Å². The van der Waals surface area contributed by atoms with Crippen molar-refractivity contribution in [3.05, 3.63) is 15.6 Å². The Bertz CT molecular complexity index is 402. The minimum atomic E-state index is 0.105.